The minimum Gasteiger partial charge on any atom is -0.499 e. The Labute approximate surface area is 69.2 Å². The van der Waals surface area contributed by atoms with Crippen LogP contribution < -0.4 is 0 Å². The Morgan fingerprint density at radius 2 is 2.00 bits per heavy atom. The van der Waals surface area contributed by atoms with Crippen molar-refractivity contribution in [3.05, 3.63) is 11.8 Å². The molecule has 0 aliphatic rings. The van der Waals surface area contributed by atoms with Gasteiger partial charge < -0.3 is 9.47 Å². The van der Waals surface area contributed by atoms with Gasteiger partial charge in [0.05, 0.1) is 18.0 Å². The van der Waals surface area contributed by atoms with E-state index in [1.54, 1.807) is 7.11 Å². The lowest BCUT2D eigenvalue weighted by Crippen LogP contribution is -2.19. The number of hydrogen-bond acceptors (Lipinski definition) is 2. The van der Waals surface area contributed by atoms with Crippen molar-refractivity contribution >= 4 is 0 Å². The highest BCUT2D eigenvalue weighted by molar-refractivity contribution is 5.00. The molecule has 0 N–H and O–H groups in total. The van der Waals surface area contributed by atoms with E-state index in [-0.39, 0.29) is 5.60 Å². The molecular formula is C9H18O2. The SMILES string of the molecule is CCO/C(C)=C\C(C)(C)OC. The molecule has 0 rings (SSSR count). The van der Waals surface area contributed by atoms with Gasteiger partial charge in [-0.05, 0) is 33.8 Å². The molecule has 66 valence electrons. The number of hydrogen-bond donors (Lipinski definition) is 0. The highest BCUT2D eigenvalue weighted by Crippen LogP contribution is 2.12. The molecular weight excluding hydrogens is 140 g/mol. The Hall–Kier alpha value is -0.500. The topological polar surface area (TPSA) is 18.5 Å². The van der Waals surface area contributed by atoms with Gasteiger partial charge in [0.15, 0.2) is 0 Å². The van der Waals surface area contributed by atoms with Crippen LogP contribution in [0.1, 0.15) is 27.7 Å². The van der Waals surface area contributed by atoms with Gasteiger partial charge in [0.1, 0.15) is 0 Å². The fourth-order valence-corrected chi connectivity index (χ4v) is 0.818. The summed E-state index contributed by atoms with van der Waals surface area (Å²) in [6.45, 7) is 8.61. The molecule has 0 atom stereocenters. The lowest BCUT2D eigenvalue weighted by molar-refractivity contribution is 0.0606. The molecule has 2 heteroatoms. The Balaban J connectivity index is 4.05. The van der Waals surface area contributed by atoms with Crippen molar-refractivity contribution in [2.45, 2.75) is 33.3 Å². The first-order valence-corrected chi connectivity index (χ1v) is 3.89. The zero-order valence-corrected chi connectivity index (χ0v) is 8.10. The maximum atomic E-state index is 5.26. The predicted octanol–water partition coefficient (Wildman–Crippen LogP) is 2.35. The third-order valence-electron chi connectivity index (χ3n) is 1.45. The van der Waals surface area contributed by atoms with Crippen molar-refractivity contribution in [2.24, 2.45) is 0 Å². The molecule has 0 aromatic carbocycles. The van der Waals surface area contributed by atoms with Gasteiger partial charge in [-0.15, -0.1) is 0 Å². The molecule has 0 saturated heterocycles. The van der Waals surface area contributed by atoms with E-state index in [0.29, 0.717) is 6.61 Å². The molecule has 0 heterocycles. The van der Waals surface area contributed by atoms with Crippen LogP contribution in [0.2, 0.25) is 0 Å². The third-order valence-corrected chi connectivity index (χ3v) is 1.45. The van der Waals surface area contributed by atoms with E-state index in [1.165, 1.54) is 0 Å². The van der Waals surface area contributed by atoms with Gasteiger partial charge in [0.25, 0.3) is 0 Å². The van der Waals surface area contributed by atoms with E-state index in [1.807, 2.05) is 33.8 Å². The van der Waals surface area contributed by atoms with Crippen LogP contribution in [-0.2, 0) is 9.47 Å². The van der Waals surface area contributed by atoms with Crippen molar-refractivity contribution in [1.29, 1.82) is 0 Å². The third kappa shape index (κ3) is 4.85. The van der Waals surface area contributed by atoms with Crippen LogP contribution in [0.3, 0.4) is 0 Å². The lowest BCUT2D eigenvalue weighted by atomic mass is 10.1. The lowest BCUT2D eigenvalue weighted by Gasteiger charge is -2.19. The summed E-state index contributed by atoms with van der Waals surface area (Å²) in [6, 6.07) is 0. The van der Waals surface area contributed by atoms with Crippen LogP contribution in [-0.4, -0.2) is 19.3 Å². The van der Waals surface area contributed by atoms with Gasteiger partial charge in [-0.25, -0.2) is 0 Å². The summed E-state index contributed by atoms with van der Waals surface area (Å²) < 4.78 is 10.5. The molecule has 11 heavy (non-hydrogen) atoms. The Kier molecular flexibility index (Phi) is 4.19. The summed E-state index contributed by atoms with van der Waals surface area (Å²) in [5, 5.41) is 0. The van der Waals surface area contributed by atoms with Crippen LogP contribution in [0.5, 0.6) is 0 Å². The van der Waals surface area contributed by atoms with Gasteiger partial charge >= 0.3 is 0 Å². The summed E-state index contributed by atoms with van der Waals surface area (Å²) in [5.41, 5.74) is -0.223. The summed E-state index contributed by atoms with van der Waals surface area (Å²) in [6.07, 6.45) is 1.97. The van der Waals surface area contributed by atoms with Gasteiger partial charge in [0.2, 0.25) is 0 Å². The largest absolute Gasteiger partial charge is 0.499 e. The zero-order valence-electron chi connectivity index (χ0n) is 8.10. The normalized spacial score (nSPS) is 13.4. The van der Waals surface area contributed by atoms with E-state index >= 15 is 0 Å². The van der Waals surface area contributed by atoms with Crippen molar-refractivity contribution in [3.8, 4) is 0 Å². The van der Waals surface area contributed by atoms with Gasteiger partial charge in [0, 0.05) is 7.11 Å². The van der Waals surface area contributed by atoms with Crippen molar-refractivity contribution < 1.29 is 9.47 Å². The quantitative estimate of drug-likeness (QED) is 0.585. The van der Waals surface area contributed by atoms with Crippen molar-refractivity contribution in [2.75, 3.05) is 13.7 Å². The molecule has 0 fully saturated rings. The molecule has 0 unspecified atom stereocenters. The fourth-order valence-electron chi connectivity index (χ4n) is 0.818. The number of rotatable bonds is 4. The summed E-state index contributed by atoms with van der Waals surface area (Å²) >= 11 is 0. The molecule has 0 aliphatic heterocycles. The average molecular weight is 158 g/mol. The molecule has 0 aliphatic carbocycles. The minimum absolute atomic E-state index is 0.223. The van der Waals surface area contributed by atoms with E-state index in [9.17, 15) is 0 Å². The van der Waals surface area contributed by atoms with Gasteiger partial charge in [-0.3, -0.25) is 0 Å². The van der Waals surface area contributed by atoms with Gasteiger partial charge in [-0.1, -0.05) is 0 Å². The smallest absolute Gasteiger partial charge is 0.0917 e. The Morgan fingerprint density at radius 1 is 1.45 bits per heavy atom. The van der Waals surface area contributed by atoms with E-state index < -0.39 is 0 Å². The predicted molar refractivity (Wildman–Crippen MR) is 46.5 cm³/mol. The van der Waals surface area contributed by atoms with E-state index in [2.05, 4.69) is 0 Å². The van der Waals surface area contributed by atoms with Crippen LogP contribution in [0.15, 0.2) is 11.8 Å². The van der Waals surface area contributed by atoms with Gasteiger partial charge in [-0.2, -0.15) is 0 Å². The first-order chi connectivity index (χ1) is 5.02. The van der Waals surface area contributed by atoms with Crippen molar-refractivity contribution in [3.63, 3.8) is 0 Å². The Bertz CT molecular complexity index is 136. The second-order valence-corrected chi connectivity index (χ2v) is 3.00. The monoisotopic (exact) mass is 158 g/mol. The maximum Gasteiger partial charge on any atom is 0.0917 e. The average Bonchev–Trinajstić information content (AvgIpc) is 1.87. The summed E-state index contributed by atoms with van der Waals surface area (Å²) in [4.78, 5) is 0. The van der Waals surface area contributed by atoms with Crippen molar-refractivity contribution in [1.82, 2.24) is 0 Å². The highest BCUT2D eigenvalue weighted by atomic mass is 16.5. The molecule has 0 bridgehead atoms. The number of methoxy groups -OCH3 is 1. The summed E-state index contributed by atoms with van der Waals surface area (Å²) in [5.74, 6) is 0.916. The zero-order chi connectivity index (χ0) is 8.91. The minimum atomic E-state index is -0.223. The van der Waals surface area contributed by atoms with Crippen LogP contribution in [0.25, 0.3) is 0 Å². The molecule has 0 aromatic rings. The van der Waals surface area contributed by atoms with E-state index in [0.717, 1.165) is 5.76 Å². The second-order valence-electron chi connectivity index (χ2n) is 3.00. The standard InChI is InChI=1S/C9H18O2/c1-6-11-8(2)7-9(3,4)10-5/h7H,6H2,1-5H3/b8-7-. The molecule has 0 radical (unpaired) electrons. The molecule has 0 saturated carbocycles. The van der Waals surface area contributed by atoms with Crippen LogP contribution >= 0.6 is 0 Å². The molecule has 0 spiro atoms. The van der Waals surface area contributed by atoms with E-state index in [4.69, 9.17) is 9.47 Å². The molecule has 0 aromatic heterocycles. The maximum absolute atomic E-state index is 5.26. The first kappa shape index (κ1) is 10.5. The highest BCUT2D eigenvalue weighted by Gasteiger charge is 2.12. The number of allylic oxidation sites excluding steroid dienone is 1. The number of ether oxygens (including phenoxy) is 2. The molecule has 2 nitrogen and oxygen atoms in total. The van der Waals surface area contributed by atoms with Crippen LogP contribution in [0, 0.1) is 0 Å². The van der Waals surface area contributed by atoms with Crippen LogP contribution in [0.4, 0.5) is 0 Å². The summed E-state index contributed by atoms with van der Waals surface area (Å²) in [7, 11) is 1.69. The Morgan fingerprint density at radius 3 is 2.36 bits per heavy atom. The first-order valence-electron chi connectivity index (χ1n) is 3.89. The fraction of sp³-hybridized carbons (Fsp3) is 0.778. The second kappa shape index (κ2) is 4.39. The molecule has 0 amide bonds.